The lowest BCUT2D eigenvalue weighted by Gasteiger charge is -2.30. The van der Waals surface area contributed by atoms with E-state index in [2.05, 4.69) is 217 Å². The third-order valence-corrected chi connectivity index (χ3v) is 13.4. The quantitative estimate of drug-likeness (QED) is 0.156. The lowest BCUT2D eigenvalue weighted by molar-refractivity contribution is 1.31. The molecule has 0 radical (unpaired) electrons. The monoisotopic (exact) mass is 761 g/mol. The molecule has 57 heavy (non-hydrogen) atoms. The van der Waals surface area contributed by atoms with Crippen molar-refractivity contribution in [2.75, 3.05) is 4.90 Å². The van der Waals surface area contributed by atoms with Gasteiger partial charge in [0.25, 0.3) is 0 Å². The second-order valence-corrected chi connectivity index (χ2v) is 16.6. The van der Waals surface area contributed by atoms with Crippen LogP contribution in [0.2, 0.25) is 0 Å². The van der Waals surface area contributed by atoms with Gasteiger partial charge in [-0.3, -0.25) is 0 Å². The maximum Gasteiger partial charge on any atom is 0.0555 e. The summed E-state index contributed by atoms with van der Waals surface area (Å²) in [6, 6.07) is 77.7. The second-order valence-electron chi connectivity index (χ2n) is 14.5. The van der Waals surface area contributed by atoms with Crippen molar-refractivity contribution in [1.29, 1.82) is 0 Å². The molecule has 3 heteroatoms. The van der Waals surface area contributed by atoms with Gasteiger partial charge in [-0.1, -0.05) is 164 Å². The number of rotatable bonds is 7. The molecule has 2 heterocycles. The molecule has 2 aromatic heterocycles. The summed E-state index contributed by atoms with van der Waals surface area (Å²) >= 11 is 3.76. The Morgan fingerprint density at radius 1 is 0.298 bits per heavy atom. The zero-order valence-corrected chi connectivity index (χ0v) is 32.6. The first-order valence-corrected chi connectivity index (χ1v) is 21.0. The molecule has 11 aromatic rings. The maximum atomic E-state index is 2.52. The van der Waals surface area contributed by atoms with Crippen molar-refractivity contribution >= 4 is 80.1 Å². The van der Waals surface area contributed by atoms with Gasteiger partial charge in [-0.2, -0.15) is 0 Å². The van der Waals surface area contributed by atoms with Crippen LogP contribution in [0, 0.1) is 0 Å². The van der Waals surface area contributed by atoms with Crippen LogP contribution < -0.4 is 4.90 Å². The van der Waals surface area contributed by atoms with Crippen LogP contribution in [0.4, 0.5) is 17.1 Å². The molecule has 0 spiro atoms. The van der Waals surface area contributed by atoms with E-state index in [-0.39, 0.29) is 0 Å². The second kappa shape index (κ2) is 14.1. The molecular weight excluding hydrogens is 727 g/mol. The van der Waals surface area contributed by atoms with E-state index in [4.69, 9.17) is 0 Å². The van der Waals surface area contributed by atoms with Crippen LogP contribution in [0.15, 0.2) is 212 Å². The highest BCUT2D eigenvalue weighted by atomic mass is 32.1. The molecule has 0 saturated heterocycles. The van der Waals surface area contributed by atoms with E-state index in [0.29, 0.717) is 0 Å². The number of anilines is 3. The molecule has 0 N–H and O–H groups in total. The van der Waals surface area contributed by atoms with Crippen LogP contribution in [-0.4, -0.2) is 0 Å². The number of benzene rings is 9. The van der Waals surface area contributed by atoms with Gasteiger partial charge in [0.2, 0.25) is 0 Å². The SMILES string of the molecule is c1ccc(-c2ccc(N(c3ccc4sc5cc(-c6ccccc6)ccc5c4c3)c3ccc(-c4ccccc4)c4sc5ccccc5c34)c(-c3ccccc3)c2)cc1. The van der Waals surface area contributed by atoms with Crippen LogP contribution in [0.5, 0.6) is 0 Å². The number of hydrogen-bond donors (Lipinski definition) is 0. The minimum atomic E-state index is 1.13. The number of fused-ring (bicyclic) bond motifs is 6. The molecule has 268 valence electrons. The fourth-order valence-electron chi connectivity index (χ4n) is 8.35. The standard InChI is InChI=1S/C54H35NS2/c1-5-15-36(16-6-1)40-26-30-48(46(33-40)39-21-11-4-12-22-39)55(42-27-32-51-47(35-42)44-28-25-41(34-52(44)56-51)37-17-7-2-8-18-37)49-31-29-43(38-19-9-3-10-20-38)54-53(49)45-23-13-14-24-50(45)57-54/h1-35H. The van der Waals surface area contributed by atoms with Crippen LogP contribution >= 0.6 is 22.7 Å². The zero-order chi connectivity index (χ0) is 37.7. The number of nitrogens with zero attached hydrogens (tertiary/aromatic N) is 1. The Morgan fingerprint density at radius 3 is 1.56 bits per heavy atom. The van der Waals surface area contributed by atoms with E-state index in [1.165, 1.54) is 84.9 Å². The average Bonchev–Trinajstić information content (AvgIpc) is 3.86. The topological polar surface area (TPSA) is 3.24 Å². The van der Waals surface area contributed by atoms with E-state index in [1.807, 2.05) is 22.7 Å². The number of hydrogen-bond acceptors (Lipinski definition) is 3. The van der Waals surface area contributed by atoms with Crippen molar-refractivity contribution in [3.63, 3.8) is 0 Å². The highest BCUT2D eigenvalue weighted by Gasteiger charge is 2.24. The van der Waals surface area contributed by atoms with Crippen molar-refractivity contribution in [3.8, 4) is 44.5 Å². The molecule has 0 aliphatic heterocycles. The highest BCUT2D eigenvalue weighted by molar-refractivity contribution is 7.26. The van der Waals surface area contributed by atoms with Crippen LogP contribution in [-0.2, 0) is 0 Å². The van der Waals surface area contributed by atoms with Gasteiger partial charge in [0.05, 0.1) is 11.4 Å². The van der Waals surface area contributed by atoms with Gasteiger partial charge >= 0.3 is 0 Å². The summed E-state index contributed by atoms with van der Waals surface area (Å²) < 4.78 is 5.16. The van der Waals surface area contributed by atoms with Gasteiger partial charge < -0.3 is 4.90 Å². The lowest BCUT2D eigenvalue weighted by Crippen LogP contribution is -2.12. The van der Waals surface area contributed by atoms with Gasteiger partial charge in [0.15, 0.2) is 0 Å². The minimum Gasteiger partial charge on any atom is -0.309 e. The maximum absolute atomic E-state index is 2.52. The minimum absolute atomic E-state index is 1.13. The smallest absolute Gasteiger partial charge is 0.0555 e. The molecule has 0 unspecified atom stereocenters. The molecule has 11 rings (SSSR count). The summed E-state index contributed by atoms with van der Waals surface area (Å²) in [6.45, 7) is 0. The normalized spacial score (nSPS) is 11.5. The highest BCUT2D eigenvalue weighted by Crippen LogP contribution is 2.51. The summed E-state index contributed by atoms with van der Waals surface area (Å²) in [4.78, 5) is 2.52. The summed E-state index contributed by atoms with van der Waals surface area (Å²) in [7, 11) is 0. The first-order chi connectivity index (χ1) is 28.3. The van der Waals surface area contributed by atoms with Crippen molar-refractivity contribution in [3.05, 3.63) is 212 Å². The van der Waals surface area contributed by atoms with E-state index < -0.39 is 0 Å². The first-order valence-electron chi connectivity index (χ1n) is 19.3. The molecule has 9 aromatic carbocycles. The predicted octanol–water partition coefficient (Wildman–Crippen LogP) is 16.6. The fraction of sp³-hybridized carbons (Fsp3) is 0. The molecule has 0 saturated carbocycles. The Morgan fingerprint density at radius 2 is 0.860 bits per heavy atom. The zero-order valence-electron chi connectivity index (χ0n) is 31.0. The Kier molecular flexibility index (Phi) is 8.28. The van der Waals surface area contributed by atoms with Crippen LogP contribution in [0.25, 0.3) is 84.9 Å². The van der Waals surface area contributed by atoms with Crippen molar-refractivity contribution in [2.24, 2.45) is 0 Å². The van der Waals surface area contributed by atoms with Gasteiger partial charge in [-0.05, 0) is 87.5 Å². The Bertz CT molecular complexity index is 3220. The molecule has 0 aliphatic carbocycles. The Balaban J connectivity index is 1.20. The predicted molar refractivity (Wildman–Crippen MR) is 249 cm³/mol. The Labute approximate surface area is 340 Å². The summed E-state index contributed by atoms with van der Waals surface area (Å²) in [5.74, 6) is 0. The molecular formula is C54H35NS2. The molecule has 0 atom stereocenters. The van der Waals surface area contributed by atoms with E-state index in [0.717, 1.165) is 17.1 Å². The molecule has 0 amide bonds. The average molecular weight is 762 g/mol. The Hall–Kier alpha value is -6.78. The molecule has 0 bridgehead atoms. The van der Waals surface area contributed by atoms with E-state index in [1.54, 1.807) is 0 Å². The van der Waals surface area contributed by atoms with Crippen molar-refractivity contribution in [2.45, 2.75) is 0 Å². The van der Waals surface area contributed by atoms with Gasteiger partial charge in [0.1, 0.15) is 0 Å². The van der Waals surface area contributed by atoms with E-state index in [9.17, 15) is 0 Å². The largest absolute Gasteiger partial charge is 0.309 e. The lowest BCUT2D eigenvalue weighted by atomic mass is 9.95. The third kappa shape index (κ3) is 5.91. The summed E-state index contributed by atoms with van der Waals surface area (Å²) in [5.41, 5.74) is 13.1. The molecule has 1 nitrogen and oxygen atoms in total. The first kappa shape index (κ1) is 33.5. The third-order valence-electron chi connectivity index (χ3n) is 11.1. The summed E-state index contributed by atoms with van der Waals surface area (Å²) in [5, 5.41) is 5.09. The fourth-order valence-corrected chi connectivity index (χ4v) is 10.7. The molecule has 0 aliphatic rings. The molecule has 0 fully saturated rings. The van der Waals surface area contributed by atoms with Crippen LogP contribution in [0.1, 0.15) is 0 Å². The van der Waals surface area contributed by atoms with Gasteiger partial charge in [-0.25, -0.2) is 0 Å². The number of thiophene rings is 2. The van der Waals surface area contributed by atoms with Gasteiger partial charge in [-0.15, -0.1) is 22.7 Å². The van der Waals surface area contributed by atoms with E-state index >= 15 is 0 Å². The summed E-state index contributed by atoms with van der Waals surface area (Å²) in [6.07, 6.45) is 0. The van der Waals surface area contributed by atoms with Crippen molar-refractivity contribution in [1.82, 2.24) is 0 Å². The van der Waals surface area contributed by atoms with Crippen molar-refractivity contribution < 1.29 is 0 Å². The van der Waals surface area contributed by atoms with Gasteiger partial charge in [0, 0.05) is 51.6 Å². The van der Waals surface area contributed by atoms with Crippen LogP contribution in [0.3, 0.4) is 0 Å².